The first kappa shape index (κ1) is 70.6. The van der Waals surface area contributed by atoms with E-state index in [0.717, 1.165) is 167 Å². The molecule has 9 aromatic heterocycles. The normalized spacial score (nSPS) is 20.6. The van der Waals surface area contributed by atoms with Crippen LogP contribution in [-0.2, 0) is 23.2 Å². The Labute approximate surface area is 619 Å². The van der Waals surface area contributed by atoms with E-state index in [1.54, 1.807) is 0 Å². The summed E-state index contributed by atoms with van der Waals surface area (Å²) in [4.78, 5) is 70.0. The maximum Gasteiger partial charge on any atom is 0.230 e. The Bertz CT molecular complexity index is 4350. The fraction of sp³-hybridized carbons (Fsp3) is 0.568. The number of rotatable bonds is 12. The van der Waals surface area contributed by atoms with Crippen molar-refractivity contribution in [1.29, 1.82) is 0 Å². The van der Waals surface area contributed by atoms with E-state index in [1.807, 2.05) is 55.4 Å². The summed E-state index contributed by atoms with van der Waals surface area (Å²) in [6.45, 7) is 34.5. The van der Waals surface area contributed by atoms with E-state index in [0.29, 0.717) is 36.0 Å². The lowest BCUT2D eigenvalue weighted by molar-refractivity contribution is 0.0935. The van der Waals surface area contributed by atoms with Crippen LogP contribution in [0.1, 0.15) is 169 Å². The molecular formula is C81H110N24. The molecular weight excluding hydrogens is 1310 g/mol. The molecule has 0 aromatic carbocycles. The molecule has 24 heteroatoms. The number of nitrogens with one attached hydrogen (secondary N) is 3. The quantitative estimate of drug-likeness (QED) is 0.104. The van der Waals surface area contributed by atoms with Crippen molar-refractivity contribution in [2.45, 2.75) is 193 Å². The number of pyridine rings is 3. The lowest BCUT2D eigenvalue weighted by Crippen LogP contribution is -2.50. The van der Waals surface area contributed by atoms with Crippen molar-refractivity contribution in [2.75, 3.05) is 136 Å². The average Bonchev–Trinajstić information content (AvgIpc) is 1.62. The van der Waals surface area contributed by atoms with Crippen LogP contribution < -0.4 is 30.7 Å². The van der Waals surface area contributed by atoms with Gasteiger partial charge in [-0.15, -0.1) is 0 Å². The molecule has 3 aliphatic carbocycles. The topological polar surface area (TPSA) is 214 Å². The first-order valence-electron chi connectivity index (χ1n) is 39.6. The second-order valence-electron chi connectivity index (χ2n) is 32.4. The maximum atomic E-state index is 5.02. The van der Waals surface area contributed by atoms with Crippen LogP contribution in [0.4, 0.5) is 52.4 Å². The highest BCUT2D eigenvalue weighted by Gasteiger charge is 2.43. The molecule has 0 radical (unpaired) electrons. The number of fused-ring (bicyclic) bond motifs is 12. The van der Waals surface area contributed by atoms with E-state index >= 15 is 0 Å². The van der Waals surface area contributed by atoms with Crippen LogP contribution in [0.15, 0.2) is 102 Å². The molecule has 9 aliphatic rings. The molecule has 0 unspecified atom stereocenters. The second-order valence-corrected chi connectivity index (χ2v) is 32.4. The van der Waals surface area contributed by atoms with Crippen molar-refractivity contribution >= 4 is 96.9 Å². The molecule has 3 N–H and O–H groups in total. The summed E-state index contributed by atoms with van der Waals surface area (Å²) < 4.78 is 7.51. The molecule has 6 aliphatic heterocycles. The minimum atomic E-state index is 0.0555. The molecule has 18 rings (SSSR count). The number of hydrogen-bond acceptors (Lipinski definition) is 21. The SMILES string of the molecule is CC(C)N1CCN(c2ccc(Nc3ncc4cc5n(c4n3)C3(CCCCC3)CN(C)C5)nc2)CC1.CC1=NCC2(CCCCC2)n2c1cc1cnc(Nc3ccc(N4CCN(C(C)C)CC4)cn3)nc12.CC1=NCC2(CCCCC2)n2c1cc1cnc(Nc3ccc(N4CCN(C(C)C)CC4)cn3)nc12. The smallest absolute Gasteiger partial charge is 0.230 e. The Balaban J connectivity index is 0.000000121. The molecule has 3 spiro atoms. The van der Waals surface area contributed by atoms with Crippen molar-refractivity contribution in [3.05, 3.63) is 109 Å². The van der Waals surface area contributed by atoms with E-state index in [4.69, 9.17) is 29.9 Å². The maximum absolute atomic E-state index is 5.02. The number of piperazine rings is 3. The average molecular weight is 1420 g/mol. The highest BCUT2D eigenvalue weighted by atomic mass is 15.3. The van der Waals surface area contributed by atoms with E-state index < -0.39 is 0 Å². The molecule has 9 aromatic rings. The lowest BCUT2D eigenvalue weighted by atomic mass is 9.80. The number of anilines is 9. The second kappa shape index (κ2) is 29.9. The zero-order valence-electron chi connectivity index (χ0n) is 63.7. The largest absolute Gasteiger partial charge is 0.368 e. The number of aromatic nitrogens is 12. The zero-order chi connectivity index (χ0) is 72.0. The molecule has 15 heterocycles. The van der Waals surface area contributed by atoms with Gasteiger partial charge in [-0.3, -0.25) is 29.6 Å². The summed E-state index contributed by atoms with van der Waals surface area (Å²) in [6, 6.07) is 21.1. The zero-order valence-corrected chi connectivity index (χ0v) is 63.7. The van der Waals surface area contributed by atoms with Crippen LogP contribution in [0.5, 0.6) is 0 Å². The predicted molar refractivity (Wildman–Crippen MR) is 426 cm³/mol. The Morgan fingerprint density at radius 2 is 0.705 bits per heavy atom. The number of nitrogens with zero attached hydrogens (tertiary/aromatic N) is 21. The number of aliphatic imine (C=N–C) groups is 2. The Hall–Kier alpha value is -8.71. The molecule has 554 valence electrons. The van der Waals surface area contributed by atoms with Crippen LogP contribution >= 0.6 is 0 Å². The highest BCUT2D eigenvalue weighted by Crippen LogP contribution is 2.45. The first-order valence-corrected chi connectivity index (χ1v) is 39.6. The van der Waals surface area contributed by atoms with Gasteiger partial charge in [0.05, 0.1) is 88.2 Å². The minimum Gasteiger partial charge on any atom is -0.368 e. The number of likely N-dealkylation sites (N-methyl/N-ethyl adjacent to an activating group) is 1. The molecule has 0 bridgehead atoms. The van der Waals surface area contributed by atoms with Gasteiger partial charge in [0, 0.05) is 150 Å². The molecule has 0 atom stereocenters. The van der Waals surface area contributed by atoms with Gasteiger partial charge in [-0.05, 0) is 156 Å². The third kappa shape index (κ3) is 14.5. The molecule has 105 heavy (non-hydrogen) atoms. The van der Waals surface area contributed by atoms with Gasteiger partial charge in [0.25, 0.3) is 0 Å². The molecule has 6 fully saturated rings. The van der Waals surface area contributed by atoms with Gasteiger partial charge >= 0.3 is 0 Å². The fourth-order valence-corrected chi connectivity index (χ4v) is 18.6. The molecule has 24 nitrogen and oxygen atoms in total. The minimum absolute atomic E-state index is 0.0555. The third-order valence-corrected chi connectivity index (χ3v) is 24.6. The summed E-state index contributed by atoms with van der Waals surface area (Å²) in [5, 5.41) is 13.3. The van der Waals surface area contributed by atoms with E-state index in [2.05, 4.69) is 188 Å². The van der Waals surface area contributed by atoms with Gasteiger partial charge in [-0.2, -0.15) is 15.0 Å². The van der Waals surface area contributed by atoms with Gasteiger partial charge in [-0.25, -0.2) is 29.9 Å². The molecule has 0 amide bonds. The van der Waals surface area contributed by atoms with E-state index in [1.165, 1.54) is 130 Å². The van der Waals surface area contributed by atoms with Crippen molar-refractivity contribution in [2.24, 2.45) is 9.98 Å². The van der Waals surface area contributed by atoms with Crippen molar-refractivity contribution in [1.82, 2.24) is 78.2 Å². The highest BCUT2D eigenvalue weighted by molar-refractivity contribution is 6.03. The van der Waals surface area contributed by atoms with Gasteiger partial charge in [0.1, 0.15) is 34.4 Å². The van der Waals surface area contributed by atoms with Crippen LogP contribution in [0, 0.1) is 0 Å². The third-order valence-electron chi connectivity index (χ3n) is 24.6. The van der Waals surface area contributed by atoms with Crippen LogP contribution in [-0.4, -0.2) is 213 Å². The van der Waals surface area contributed by atoms with E-state index in [-0.39, 0.29) is 16.6 Å². The van der Waals surface area contributed by atoms with Crippen molar-refractivity contribution < 1.29 is 0 Å². The van der Waals surface area contributed by atoms with Gasteiger partial charge in [0.15, 0.2) is 0 Å². The molecule has 3 saturated heterocycles. The van der Waals surface area contributed by atoms with Gasteiger partial charge in [-0.1, -0.05) is 57.8 Å². The lowest BCUT2D eigenvalue weighted by Gasteiger charge is -2.46. The first-order chi connectivity index (χ1) is 51.0. The summed E-state index contributed by atoms with van der Waals surface area (Å²) in [5.74, 6) is 4.13. The Morgan fingerprint density at radius 3 is 1.04 bits per heavy atom. The molecule has 3 saturated carbocycles. The summed E-state index contributed by atoms with van der Waals surface area (Å²) in [6.07, 6.45) is 30.5. The van der Waals surface area contributed by atoms with Crippen LogP contribution in [0.3, 0.4) is 0 Å². The number of hydrogen-bond donors (Lipinski definition) is 3. The summed E-state index contributed by atoms with van der Waals surface area (Å²) >= 11 is 0. The van der Waals surface area contributed by atoms with Crippen molar-refractivity contribution in [3.63, 3.8) is 0 Å². The predicted octanol–water partition coefficient (Wildman–Crippen LogP) is 13.4. The van der Waals surface area contributed by atoms with Gasteiger partial charge < -0.3 is 44.4 Å². The van der Waals surface area contributed by atoms with E-state index in [9.17, 15) is 0 Å². The summed E-state index contributed by atoms with van der Waals surface area (Å²) in [5.41, 5.74) is 12.8. The summed E-state index contributed by atoms with van der Waals surface area (Å²) in [7, 11) is 2.25. The van der Waals surface area contributed by atoms with Gasteiger partial charge in [0.2, 0.25) is 17.8 Å². The monoisotopic (exact) mass is 1420 g/mol. The van der Waals surface area contributed by atoms with Crippen LogP contribution in [0.25, 0.3) is 33.1 Å². The Morgan fingerprint density at radius 1 is 0.371 bits per heavy atom. The van der Waals surface area contributed by atoms with Crippen LogP contribution in [0.2, 0.25) is 0 Å². The standard InChI is InChI=1S/C27H38N8.2C27H36N8/c1-20(2)33-11-13-34(14-12-33)22-7-8-24(28-17-22)30-26-29-16-21-15-23-18-32(3)19-27(9-5-4-6-10-27)35(23)25(21)31-26;2*1-19(2)33-11-13-34(14-12-33)22-7-8-24(28-17-22)31-26-29-16-21-15-23-20(3)30-18-27(9-5-4-6-10-27)35(23)25(21)32-26/h7-8,15-17,20H,4-6,9-14,18-19H2,1-3H3,(H,28,29,30,31);2*7-8,15-17,19H,4-6,9-14,18H2,1-3H3,(H,28,29,31,32). The fourth-order valence-electron chi connectivity index (χ4n) is 18.6. The Kier molecular flexibility index (Phi) is 20.1. The van der Waals surface area contributed by atoms with Crippen molar-refractivity contribution in [3.8, 4) is 0 Å².